The van der Waals surface area contributed by atoms with Gasteiger partial charge in [0, 0.05) is 17.1 Å². The SMILES string of the molecule is O=C(c1cccc(Br)c1Cl)N(CC1CCCNC1)C1CC1. The molecular formula is C16H20BrClN2O. The highest BCUT2D eigenvalue weighted by atomic mass is 79.9. The topological polar surface area (TPSA) is 32.3 Å². The first-order chi connectivity index (χ1) is 10.2. The summed E-state index contributed by atoms with van der Waals surface area (Å²) in [5.74, 6) is 0.642. The number of benzene rings is 1. The normalized spacial score (nSPS) is 22.1. The number of nitrogens with one attached hydrogen (secondary N) is 1. The van der Waals surface area contributed by atoms with Crippen LogP contribution in [0.15, 0.2) is 22.7 Å². The van der Waals surface area contributed by atoms with E-state index in [2.05, 4.69) is 21.2 Å². The van der Waals surface area contributed by atoms with Crippen molar-refractivity contribution in [1.29, 1.82) is 0 Å². The molecule has 21 heavy (non-hydrogen) atoms. The number of carbonyl (C=O) groups is 1. The second-order valence-corrected chi connectivity index (χ2v) is 7.23. The second kappa shape index (κ2) is 6.67. The van der Waals surface area contributed by atoms with Gasteiger partial charge < -0.3 is 10.2 Å². The van der Waals surface area contributed by atoms with Crippen molar-refractivity contribution < 1.29 is 4.79 Å². The lowest BCUT2D eigenvalue weighted by atomic mass is 9.98. The Morgan fingerprint density at radius 3 is 2.86 bits per heavy atom. The fourth-order valence-corrected chi connectivity index (χ4v) is 3.54. The summed E-state index contributed by atoms with van der Waals surface area (Å²) in [6.07, 6.45) is 4.65. The number of rotatable bonds is 4. The molecular weight excluding hydrogens is 352 g/mol. The van der Waals surface area contributed by atoms with E-state index in [1.165, 1.54) is 12.8 Å². The summed E-state index contributed by atoms with van der Waals surface area (Å²) in [5.41, 5.74) is 0.613. The third kappa shape index (κ3) is 3.61. The molecule has 0 bridgehead atoms. The van der Waals surface area contributed by atoms with E-state index in [1.54, 1.807) is 0 Å². The van der Waals surface area contributed by atoms with E-state index in [1.807, 2.05) is 23.1 Å². The van der Waals surface area contributed by atoms with Crippen molar-refractivity contribution in [2.75, 3.05) is 19.6 Å². The average Bonchev–Trinajstić information content (AvgIpc) is 3.33. The Kier molecular flexibility index (Phi) is 4.87. The largest absolute Gasteiger partial charge is 0.335 e. The molecule has 5 heteroatoms. The minimum Gasteiger partial charge on any atom is -0.335 e. The van der Waals surface area contributed by atoms with Gasteiger partial charge in [-0.05, 0) is 72.8 Å². The van der Waals surface area contributed by atoms with Crippen LogP contribution in [-0.4, -0.2) is 36.5 Å². The third-order valence-corrected chi connectivity index (χ3v) is 5.58. The molecule has 2 aliphatic rings. The predicted molar refractivity (Wildman–Crippen MR) is 88.8 cm³/mol. The summed E-state index contributed by atoms with van der Waals surface area (Å²) in [6.45, 7) is 2.97. The van der Waals surface area contributed by atoms with E-state index in [-0.39, 0.29) is 5.91 Å². The van der Waals surface area contributed by atoms with Gasteiger partial charge in [0.25, 0.3) is 5.91 Å². The smallest absolute Gasteiger partial charge is 0.255 e. The van der Waals surface area contributed by atoms with Crippen molar-refractivity contribution >= 4 is 33.4 Å². The number of hydrogen-bond donors (Lipinski definition) is 1. The molecule has 1 amide bonds. The number of nitrogens with zero attached hydrogens (tertiary/aromatic N) is 1. The van der Waals surface area contributed by atoms with E-state index < -0.39 is 0 Å². The highest BCUT2D eigenvalue weighted by molar-refractivity contribution is 9.10. The summed E-state index contributed by atoms with van der Waals surface area (Å²) in [7, 11) is 0. The van der Waals surface area contributed by atoms with Gasteiger partial charge in [0.15, 0.2) is 0 Å². The Labute approximate surface area is 139 Å². The van der Waals surface area contributed by atoms with E-state index in [9.17, 15) is 4.79 Å². The van der Waals surface area contributed by atoms with Crippen LogP contribution in [0.25, 0.3) is 0 Å². The van der Waals surface area contributed by atoms with Crippen molar-refractivity contribution in [3.63, 3.8) is 0 Å². The Balaban J connectivity index is 1.76. The number of hydrogen-bond acceptors (Lipinski definition) is 2. The molecule has 1 atom stereocenters. The first-order valence-corrected chi connectivity index (χ1v) is 8.79. The van der Waals surface area contributed by atoms with Gasteiger partial charge in [-0.25, -0.2) is 0 Å². The minimum atomic E-state index is 0.0781. The maximum absolute atomic E-state index is 12.9. The molecule has 114 valence electrons. The van der Waals surface area contributed by atoms with Crippen molar-refractivity contribution in [2.45, 2.75) is 31.7 Å². The standard InChI is InChI=1S/C16H20BrClN2O/c17-14-5-1-4-13(15(14)18)16(21)20(12-6-7-12)10-11-3-2-8-19-9-11/h1,4-5,11-12,19H,2-3,6-10H2. The van der Waals surface area contributed by atoms with Crippen LogP contribution in [0.2, 0.25) is 5.02 Å². The van der Waals surface area contributed by atoms with Crippen LogP contribution in [0, 0.1) is 5.92 Å². The molecule has 1 saturated heterocycles. The van der Waals surface area contributed by atoms with Gasteiger partial charge in [0.05, 0.1) is 10.6 Å². The fraction of sp³-hybridized carbons (Fsp3) is 0.562. The summed E-state index contributed by atoms with van der Waals surface area (Å²) in [4.78, 5) is 14.9. The van der Waals surface area contributed by atoms with Crippen LogP contribution >= 0.6 is 27.5 Å². The molecule has 1 saturated carbocycles. The Hall–Kier alpha value is -0.580. The molecule has 1 aliphatic heterocycles. The lowest BCUT2D eigenvalue weighted by Gasteiger charge is -2.30. The number of amides is 1. The van der Waals surface area contributed by atoms with Gasteiger partial charge in [-0.2, -0.15) is 0 Å². The number of halogens is 2. The van der Waals surface area contributed by atoms with Gasteiger partial charge in [0.2, 0.25) is 0 Å². The van der Waals surface area contributed by atoms with Gasteiger partial charge in [-0.3, -0.25) is 4.79 Å². The highest BCUT2D eigenvalue weighted by Crippen LogP contribution is 2.33. The fourth-order valence-electron chi connectivity index (χ4n) is 2.97. The average molecular weight is 372 g/mol. The summed E-state index contributed by atoms with van der Waals surface area (Å²) < 4.78 is 0.782. The molecule has 0 spiro atoms. The van der Waals surface area contributed by atoms with Gasteiger partial charge in [-0.15, -0.1) is 0 Å². The van der Waals surface area contributed by atoms with Crippen LogP contribution < -0.4 is 5.32 Å². The van der Waals surface area contributed by atoms with Gasteiger partial charge >= 0.3 is 0 Å². The monoisotopic (exact) mass is 370 g/mol. The lowest BCUT2D eigenvalue weighted by Crippen LogP contribution is -2.42. The van der Waals surface area contributed by atoms with Crippen LogP contribution in [0.4, 0.5) is 0 Å². The van der Waals surface area contributed by atoms with Crippen molar-refractivity contribution in [2.24, 2.45) is 5.92 Å². The van der Waals surface area contributed by atoms with Crippen LogP contribution in [0.1, 0.15) is 36.0 Å². The second-order valence-electron chi connectivity index (χ2n) is 6.00. The molecule has 1 aromatic carbocycles. The zero-order chi connectivity index (χ0) is 14.8. The van der Waals surface area contributed by atoms with Gasteiger partial charge in [0.1, 0.15) is 0 Å². The highest BCUT2D eigenvalue weighted by Gasteiger charge is 2.35. The molecule has 3 nitrogen and oxygen atoms in total. The Morgan fingerprint density at radius 2 is 2.19 bits per heavy atom. The summed E-state index contributed by atoms with van der Waals surface area (Å²) >= 11 is 9.70. The maximum atomic E-state index is 12.9. The molecule has 0 radical (unpaired) electrons. The Bertz CT molecular complexity index is 527. The van der Waals surface area contributed by atoms with Crippen molar-refractivity contribution in [3.05, 3.63) is 33.3 Å². The van der Waals surface area contributed by atoms with E-state index >= 15 is 0 Å². The molecule has 1 aromatic rings. The first kappa shape index (κ1) is 15.3. The maximum Gasteiger partial charge on any atom is 0.255 e. The molecule has 0 aromatic heterocycles. The van der Waals surface area contributed by atoms with Crippen LogP contribution in [0.3, 0.4) is 0 Å². The number of carbonyl (C=O) groups excluding carboxylic acids is 1. The van der Waals surface area contributed by atoms with E-state index in [0.717, 1.165) is 36.9 Å². The summed E-state index contributed by atoms with van der Waals surface area (Å²) in [5, 5.41) is 3.95. The first-order valence-electron chi connectivity index (χ1n) is 7.62. The summed E-state index contributed by atoms with van der Waals surface area (Å²) in [6, 6.07) is 5.97. The molecule has 1 N–H and O–H groups in total. The van der Waals surface area contributed by atoms with E-state index in [4.69, 9.17) is 11.6 Å². The van der Waals surface area contributed by atoms with Crippen LogP contribution in [-0.2, 0) is 0 Å². The predicted octanol–water partition coefficient (Wildman–Crippen LogP) is 3.71. The molecule has 2 fully saturated rings. The molecule has 1 unspecified atom stereocenters. The quantitative estimate of drug-likeness (QED) is 0.875. The van der Waals surface area contributed by atoms with Crippen LogP contribution in [0.5, 0.6) is 0 Å². The van der Waals surface area contributed by atoms with Crippen molar-refractivity contribution in [3.8, 4) is 0 Å². The zero-order valence-electron chi connectivity index (χ0n) is 11.9. The van der Waals surface area contributed by atoms with Gasteiger partial charge in [-0.1, -0.05) is 17.7 Å². The minimum absolute atomic E-state index is 0.0781. The van der Waals surface area contributed by atoms with Crippen molar-refractivity contribution in [1.82, 2.24) is 10.2 Å². The lowest BCUT2D eigenvalue weighted by molar-refractivity contribution is 0.0704. The molecule has 1 aliphatic carbocycles. The Morgan fingerprint density at radius 1 is 1.38 bits per heavy atom. The third-order valence-electron chi connectivity index (χ3n) is 4.28. The van der Waals surface area contributed by atoms with E-state index in [0.29, 0.717) is 22.5 Å². The number of piperidine rings is 1. The molecule has 1 heterocycles. The zero-order valence-corrected chi connectivity index (χ0v) is 14.3. The molecule has 3 rings (SSSR count).